The van der Waals surface area contributed by atoms with Gasteiger partial charge in [0.15, 0.2) is 0 Å². The number of amides is 2. The van der Waals surface area contributed by atoms with Crippen LogP contribution in [0.1, 0.15) is 30.1 Å². The van der Waals surface area contributed by atoms with Gasteiger partial charge in [0.1, 0.15) is 0 Å². The Hall–Kier alpha value is -2.28. The van der Waals surface area contributed by atoms with Crippen molar-refractivity contribution in [3.05, 3.63) is 29.8 Å². The van der Waals surface area contributed by atoms with Crippen molar-refractivity contribution < 1.29 is 19.1 Å². The molecule has 0 radical (unpaired) electrons. The molecule has 1 aromatic rings. The van der Waals surface area contributed by atoms with E-state index in [4.69, 9.17) is 9.47 Å². The Morgan fingerprint density at radius 1 is 1.19 bits per heavy atom. The molecular formula is C19H27N3O4. The number of nitrogens with zero attached hydrogens (tertiary/aromatic N) is 2. The highest BCUT2D eigenvalue weighted by Crippen LogP contribution is 2.19. The first kappa shape index (κ1) is 18.5. The minimum atomic E-state index is -0.415. The van der Waals surface area contributed by atoms with Crippen LogP contribution in [0.15, 0.2) is 24.3 Å². The van der Waals surface area contributed by atoms with Gasteiger partial charge in [-0.3, -0.25) is 4.79 Å². The average Bonchev–Trinajstić information content (AvgIpc) is 2.68. The minimum absolute atomic E-state index is 0.00823. The number of carbonyl (C=O) groups excluding carboxylic acids is 2. The monoisotopic (exact) mass is 361 g/mol. The predicted molar refractivity (Wildman–Crippen MR) is 98.6 cm³/mol. The van der Waals surface area contributed by atoms with Gasteiger partial charge in [-0.1, -0.05) is 0 Å². The van der Waals surface area contributed by atoms with Crippen molar-refractivity contribution in [1.29, 1.82) is 0 Å². The van der Waals surface area contributed by atoms with Crippen molar-refractivity contribution in [3.63, 3.8) is 0 Å². The van der Waals surface area contributed by atoms with Crippen molar-refractivity contribution in [2.45, 2.75) is 25.8 Å². The summed E-state index contributed by atoms with van der Waals surface area (Å²) in [6.07, 6.45) is 1.31. The maximum Gasteiger partial charge on any atom is 0.407 e. The molecule has 0 unspecified atom stereocenters. The molecule has 2 heterocycles. The first-order chi connectivity index (χ1) is 12.7. The Morgan fingerprint density at radius 3 is 2.62 bits per heavy atom. The molecular weight excluding hydrogens is 334 g/mol. The van der Waals surface area contributed by atoms with Crippen molar-refractivity contribution in [2.75, 3.05) is 50.9 Å². The zero-order valence-corrected chi connectivity index (χ0v) is 15.3. The number of hydrogen-bond donors (Lipinski definition) is 1. The van der Waals surface area contributed by atoms with Gasteiger partial charge in [-0.2, -0.15) is 0 Å². The summed E-state index contributed by atoms with van der Waals surface area (Å²) in [5.74, 6) is 0.00823. The van der Waals surface area contributed by atoms with Gasteiger partial charge in [0, 0.05) is 43.5 Å². The van der Waals surface area contributed by atoms with Crippen LogP contribution >= 0.6 is 0 Å². The van der Waals surface area contributed by atoms with Crippen LogP contribution in [0.5, 0.6) is 0 Å². The summed E-state index contributed by atoms with van der Waals surface area (Å²) < 4.78 is 10.3. The number of piperidine rings is 1. The Morgan fingerprint density at radius 2 is 1.92 bits per heavy atom. The molecule has 0 saturated carbocycles. The molecule has 2 amide bonds. The first-order valence-electron chi connectivity index (χ1n) is 9.32. The molecule has 0 bridgehead atoms. The van der Waals surface area contributed by atoms with E-state index in [9.17, 15) is 9.59 Å². The summed E-state index contributed by atoms with van der Waals surface area (Å²) in [4.78, 5) is 28.5. The largest absolute Gasteiger partial charge is 0.450 e. The molecule has 1 N–H and O–H groups in total. The average molecular weight is 361 g/mol. The van der Waals surface area contributed by atoms with Crippen LogP contribution < -0.4 is 10.2 Å². The Kier molecular flexibility index (Phi) is 6.33. The van der Waals surface area contributed by atoms with E-state index in [1.54, 1.807) is 6.92 Å². The molecule has 2 aliphatic rings. The number of rotatable bonds is 4. The summed E-state index contributed by atoms with van der Waals surface area (Å²) in [5.41, 5.74) is 1.80. The van der Waals surface area contributed by atoms with Gasteiger partial charge in [-0.05, 0) is 44.0 Å². The number of benzene rings is 1. The number of likely N-dealkylation sites (tertiary alicyclic amines) is 1. The Balaban J connectivity index is 1.58. The van der Waals surface area contributed by atoms with E-state index in [1.165, 1.54) is 0 Å². The molecule has 0 aromatic heterocycles. The number of alkyl carbamates (subject to hydrolysis) is 1. The quantitative estimate of drug-likeness (QED) is 0.887. The molecule has 142 valence electrons. The summed E-state index contributed by atoms with van der Waals surface area (Å²) >= 11 is 0. The molecule has 1 atom stereocenters. The third kappa shape index (κ3) is 4.66. The second kappa shape index (κ2) is 8.89. The van der Waals surface area contributed by atoms with Crippen LogP contribution in [0.4, 0.5) is 10.5 Å². The first-order valence-corrected chi connectivity index (χ1v) is 9.32. The topological polar surface area (TPSA) is 71.1 Å². The van der Waals surface area contributed by atoms with E-state index in [-0.39, 0.29) is 11.9 Å². The molecule has 26 heavy (non-hydrogen) atoms. The normalized spacial score (nSPS) is 20.6. The third-order valence-corrected chi connectivity index (χ3v) is 4.80. The lowest BCUT2D eigenvalue weighted by Gasteiger charge is -2.33. The fraction of sp³-hybridized carbons (Fsp3) is 0.579. The lowest BCUT2D eigenvalue weighted by atomic mass is 10.0. The van der Waals surface area contributed by atoms with Crippen LogP contribution in [-0.2, 0) is 9.47 Å². The summed E-state index contributed by atoms with van der Waals surface area (Å²) in [7, 11) is 0. The summed E-state index contributed by atoms with van der Waals surface area (Å²) in [6, 6.07) is 7.71. The van der Waals surface area contributed by atoms with Gasteiger partial charge in [-0.25, -0.2) is 4.79 Å². The Bertz CT molecular complexity index is 614. The number of carbonyl (C=O) groups is 2. The fourth-order valence-corrected chi connectivity index (χ4v) is 3.44. The molecule has 2 saturated heterocycles. The molecule has 7 heteroatoms. The smallest absolute Gasteiger partial charge is 0.407 e. The van der Waals surface area contributed by atoms with Crippen molar-refractivity contribution in [2.24, 2.45) is 0 Å². The molecule has 0 spiro atoms. The van der Waals surface area contributed by atoms with E-state index >= 15 is 0 Å². The zero-order chi connectivity index (χ0) is 18.4. The van der Waals surface area contributed by atoms with E-state index in [0.717, 1.165) is 44.8 Å². The van der Waals surface area contributed by atoms with Crippen molar-refractivity contribution in [1.82, 2.24) is 10.2 Å². The summed E-state index contributed by atoms with van der Waals surface area (Å²) in [5, 5.41) is 2.83. The van der Waals surface area contributed by atoms with Crippen molar-refractivity contribution >= 4 is 17.7 Å². The highest BCUT2D eigenvalue weighted by Gasteiger charge is 2.26. The maximum absolute atomic E-state index is 12.8. The van der Waals surface area contributed by atoms with Gasteiger partial charge in [0.05, 0.1) is 19.8 Å². The number of ether oxygens (including phenoxy) is 2. The van der Waals surface area contributed by atoms with E-state index in [1.807, 2.05) is 29.2 Å². The van der Waals surface area contributed by atoms with Crippen molar-refractivity contribution in [3.8, 4) is 0 Å². The highest BCUT2D eigenvalue weighted by molar-refractivity contribution is 5.94. The van der Waals surface area contributed by atoms with Crippen LogP contribution in [0.25, 0.3) is 0 Å². The van der Waals surface area contributed by atoms with Crippen LogP contribution in [0, 0.1) is 0 Å². The SMILES string of the molecule is CCOC(=O)N[C@H]1CCCN(C(=O)c2ccc(N3CCOCC3)cc2)C1. The molecule has 0 aliphatic carbocycles. The van der Waals surface area contributed by atoms with Crippen LogP contribution in [0.3, 0.4) is 0 Å². The fourth-order valence-electron chi connectivity index (χ4n) is 3.44. The maximum atomic E-state index is 12.8. The lowest BCUT2D eigenvalue weighted by Crippen LogP contribution is -2.49. The van der Waals surface area contributed by atoms with Gasteiger partial charge in [0.2, 0.25) is 0 Å². The third-order valence-electron chi connectivity index (χ3n) is 4.80. The Labute approximate surface area is 154 Å². The van der Waals surface area contributed by atoms with E-state index in [0.29, 0.717) is 25.3 Å². The number of nitrogens with one attached hydrogen (secondary N) is 1. The van der Waals surface area contributed by atoms with Gasteiger partial charge in [0.25, 0.3) is 5.91 Å². The lowest BCUT2D eigenvalue weighted by molar-refractivity contribution is 0.0686. The van der Waals surface area contributed by atoms with E-state index < -0.39 is 6.09 Å². The van der Waals surface area contributed by atoms with E-state index in [2.05, 4.69) is 10.2 Å². The van der Waals surface area contributed by atoms with Crippen LogP contribution in [0.2, 0.25) is 0 Å². The molecule has 3 rings (SSSR count). The zero-order valence-electron chi connectivity index (χ0n) is 15.3. The molecule has 2 fully saturated rings. The summed E-state index contributed by atoms with van der Waals surface area (Å²) in [6.45, 7) is 6.58. The molecule has 2 aliphatic heterocycles. The van der Waals surface area contributed by atoms with Crippen LogP contribution in [-0.4, -0.2) is 68.9 Å². The molecule has 7 nitrogen and oxygen atoms in total. The predicted octanol–water partition coefficient (Wildman–Crippen LogP) is 1.87. The minimum Gasteiger partial charge on any atom is -0.450 e. The highest BCUT2D eigenvalue weighted by atomic mass is 16.5. The standard InChI is InChI=1S/C19H27N3O4/c1-2-26-19(24)20-16-4-3-9-22(14-16)18(23)15-5-7-17(8-6-15)21-10-12-25-13-11-21/h5-8,16H,2-4,9-14H2,1H3,(H,20,24)/t16-/m0/s1. The van der Waals surface area contributed by atoms with Gasteiger partial charge >= 0.3 is 6.09 Å². The number of anilines is 1. The second-order valence-electron chi connectivity index (χ2n) is 6.60. The second-order valence-corrected chi connectivity index (χ2v) is 6.60. The molecule has 1 aromatic carbocycles. The number of morpholine rings is 1. The van der Waals surface area contributed by atoms with Gasteiger partial charge < -0.3 is 24.6 Å². The number of hydrogen-bond acceptors (Lipinski definition) is 5. The van der Waals surface area contributed by atoms with Gasteiger partial charge in [-0.15, -0.1) is 0 Å².